The third-order valence-corrected chi connectivity index (χ3v) is 4.37. The van der Waals surface area contributed by atoms with Crippen molar-refractivity contribution in [2.75, 3.05) is 0 Å². The van der Waals surface area contributed by atoms with Crippen LogP contribution in [0.25, 0.3) is 0 Å². The van der Waals surface area contributed by atoms with Crippen molar-refractivity contribution in [3.63, 3.8) is 0 Å². The largest absolute Gasteiger partial charge is 0.434 e. The number of hydrogen-bond acceptors (Lipinski definition) is 4. The van der Waals surface area contributed by atoms with E-state index in [1.54, 1.807) is 23.7 Å². The molecule has 2 atom stereocenters. The van der Waals surface area contributed by atoms with Gasteiger partial charge in [-0.1, -0.05) is 55.0 Å². The molecule has 0 saturated heterocycles. The summed E-state index contributed by atoms with van der Waals surface area (Å²) in [6, 6.07) is 0. The Hall–Kier alpha value is -2.40. The lowest BCUT2D eigenvalue weighted by Gasteiger charge is -2.21. The highest BCUT2D eigenvalue weighted by Crippen LogP contribution is 2.26. The quantitative estimate of drug-likeness (QED) is 0.199. The smallest absolute Gasteiger partial charge is 0.313 e. The number of ether oxygens (including phenoxy) is 1. The summed E-state index contributed by atoms with van der Waals surface area (Å²) in [5.41, 5.74) is 3.73. The zero-order valence-corrected chi connectivity index (χ0v) is 15.6. The zero-order valence-electron chi connectivity index (χ0n) is 15.6. The summed E-state index contributed by atoms with van der Waals surface area (Å²) in [5.74, 6) is -1.76. The second-order valence-electron chi connectivity index (χ2n) is 6.36. The van der Waals surface area contributed by atoms with Crippen LogP contribution >= 0.6 is 0 Å². The Morgan fingerprint density at radius 2 is 2.15 bits per heavy atom. The van der Waals surface area contributed by atoms with E-state index >= 15 is 0 Å². The van der Waals surface area contributed by atoms with Gasteiger partial charge in [0.2, 0.25) is 5.91 Å². The number of hydrogen-bond donors (Lipinski definition) is 2. The van der Waals surface area contributed by atoms with Gasteiger partial charge in [0, 0.05) is 5.92 Å². The highest BCUT2D eigenvalue weighted by Gasteiger charge is 2.27. The van der Waals surface area contributed by atoms with Gasteiger partial charge in [0.05, 0.1) is 12.2 Å². The maximum Gasteiger partial charge on any atom is 0.313 e. The van der Waals surface area contributed by atoms with Gasteiger partial charge in [-0.3, -0.25) is 14.8 Å². The molecule has 1 aliphatic carbocycles. The van der Waals surface area contributed by atoms with Gasteiger partial charge in [-0.2, -0.15) is 0 Å². The maximum absolute atomic E-state index is 12.3. The lowest BCUT2D eigenvalue weighted by atomic mass is 9.86. The zero-order chi connectivity index (χ0) is 19.4. The molecule has 1 aliphatic rings. The van der Waals surface area contributed by atoms with E-state index in [4.69, 9.17) is 9.94 Å². The van der Waals surface area contributed by atoms with Crippen molar-refractivity contribution in [1.82, 2.24) is 5.48 Å². The van der Waals surface area contributed by atoms with Crippen molar-refractivity contribution in [3.8, 4) is 0 Å². The van der Waals surface area contributed by atoms with Crippen LogP contribution in [-0.2, 0) is 14.3 Å². The second kappa shape index (κ2) is 12.0. The molecule has 0 aromatic rings. The van der Waals surface area contributed by atoms with Crippen molar-refractivity contribution in [1.29, 1.82) is 0 Å². The third kappa shape index (κ3) is 7.66. The van der Waals surface area contributed by atoms with E-state index in [1.165, 1.54) is 6.26 Å². The lowest BCUT2D eigenvalue weighted by Crippen LogP contribution is -2.31. The van der Waals surface area contributed by atoms with E-state index in [-0.39, 0.29) is 5.97 Å². The predicted molar refractivity (Wildman–Crippen MR) is 102 cm³/mol. The summed E-state index contributed by atoms with van der Waals surface area (Å²) in [5, 5.41) is 9.03. The van der Waals surface area contributed by atoms with Crippen molar-refractivity contribution in [2.45, 2.75) is 46.0 Å². The molecule has 2 N–H and O–H groups in total. The minimum atomic E-state index is -0.488. The number of carbonyl (C=O) groups is 2. The number of hydroxylamine groups is 1. The van der Waals surface area contributed by atoms with Crippen LogP contribution in [-0.4, -0.2) is 17.1 Å². The molecule has 0 heterocycles. The summed E-state index contributed by atoms with van der Waals surface area (Å²) in [4.78, 5) is 24.3. The van der Waals surface area contributed by atoms with Gasteiger partial charge in [0.15, 0.2) is 0 Å². The van der Waals surface area contributed by atoms with Crippen LogP contribution in [0.3, 0.4) is 0 Å². The van der Waals surface area contributed by atoms with E-state index in [9.17, 15) is 9.59 Å². The number of carbonyl (C=O) groups excluding carboxylic acids is 2. The first kappa shape index (κ1) is 21.6. The van der Waals surface area contributed by atoms with E-state index in [1.807, 2.05) is 19.9 Å². The summed E-state index contributed by atoms with van der Waals surface area (Å²) in [6.07, 6.45) is 15.9. The van der Waals surface area contributed by atoms with Crippen LogP contribution in [0.5, 0.6) is 0 Å². The monoisotopic (exact) mass is 359 g/mol. The molecule has 0 aliphatic heterocycles. The minimum absolute atomic E-state index is 0.322. The van der Waals surface area contributed by atoms with Crippen LogP contribution in [0, 0.1) is 11.8 Å². The molecule has 26 heavy (non-hydrogen) atoms. The second-order valence-corrected chi connectivity index (χ2v) is 6.36. The molecule has 1 amide bonds. The number of amides is 1. The van der Waals surface area contributed by atoms with Gasteiger partial charge in [0.25, 0.3) is 0 Å². The molecule has 0 aromatic carbocycles. The molecule has 2 unspecified atom stereocenters. The van der Waals surface area contributed by atoms with Gasteiger partial charge < -0.3 is 4.74 Å². The SMILES string of the molecule is C=C/C(C)=C\C=C\OC(=O)C(CC)CC(CC1=CCCC=C1)C(=O)NO. The van der Waals surface area contributed by atoms with Gasteiger partial charge in [-0.25, -0.2) is 5.48 Å². The average molecular weight is 359 g/mol. The topological polar surface area (TPSA) is 75.6 Å². The van der Waals surface area contributed by atoms with Gasteiger partial charge >= 0.3 is 5.97 Å². The third-order valence-electron chi connectivity index (χ3n) is 4.37. The number of rotatable bonds is 10. The van der Waals surface area contributed by atoms with Crippen LogP contribution in [0.4, 0.5) is 0 Å². The van der Waals surface area contributed by atoms with Gasteiger partial charge in [-0.15, -0.1) is 0 Å². The molecular formula is C21H29NO4. The fourth-order valence-corrected chi connectivity index (χ4v) is 2.71. The Bertz CT molecular complexity index is 614. The average Bonchev–Trinajstić information content (AvgIpc) is 2.68. The lowest BCUT2D eigenvalue weighted by molar-refractivity contribution is -0.144. The molecule has 142 valence electrons. The number of allylic oxidation sites excluding steroid dienone is 8. The highest BCUT2D eigenvalue weighted by atomic mass is 16.5. The first-order valence-corrected chi connectivity index (χ1v) is 8.97. The number of esters is 1. The molecule has 5 nitrogen and oxygen atoms in total. The van der Waals surface area contributed by atoms with Crippen molar-refractivity contribution in [3.05, 3.63) is 60.4 Å². The molecule has 0 saturated carbocycles. The Kier molecular flexibility index (Phi) is 10.0. The standard InChI is InChI=1S/C21H29NO4/c1-4-16(3)10-9-13-26-21(24)18(5-2)15-19(20(23)22-25)14-17-11-7-6-8-12-17/h4,7,9-13,18-19,25H,1,5-6,8,14-15H2,2-3H3,(H,22,23)/b13-9+,16-10-. The van der Waals surface area contributed by atoms with Crippen LogP contribution in [0.15, 0.2) is 60.4 Å². The van der Waals surface area contributed by atoms with E-state index < -0.39 is 17.7 Å². The van der Waals surface area contributed by atoms with Gasteiger partial charge in [0.1, 0.15) is 0 Å². The molecule has 0 fully saturated rings. The molecule has 0 spiro atoms. The van der Waals surface area contributed by atoms with Crippen molar-refractivity contribution < 1.29 is 19.5 Å². The summed E-state index contributed by atoms with van der Waals surface area (Å²) < 4.78 is 5.17. The first-order chi connectivity index (χ1) is 12.5. The summed E-state index contributed by atoms with van der Waals surface area (Å²) in [6.45, 7) is 7.41. The molecule has 0 aromatic heterocycles. The molecule has 0 bridgehead atoms. The summed E-state index contributed by atoms with van der Waals surface area (Å²) >= 11 is 0. The van der Waals surface area contributed by atoms with Crippen LogP contribution < -0.4 is 5.48 Å². The highest BCUT2D eigenvalue weighted by molar-refractivity contribution is 5.79. The first-order valence-electron chi connectivity index (χ1n) is 8.97. The van der Waals surface area contributed by atoms with Crippen LogP contribution in [0.1, 0.15) is 46.0 Å². The van der Waals surface area contributed by atoms with E-state index in [2.05, 4.69) is 18.7 Å². The van der Waals surface area contributed by atoms with Crippen molar-refractivity contribution in [2.24, 2.45) is 11.8 Å². The Morgan fingerprint density at radius 3 is 2.73 bits per heavy atom. The van der Waals surface area contributed by atoms with Gasteiger partial charge in [-0.05, 0) is 45.1 Å². The molecule has 1 rings (SSSR count). The molecular weight excluding hydrogens is 330 g/mol. The molecule has 0 radical (unpaired) electrons. The normalized spacial score (nSPS) is 16.7. The fraction of sp³-hybridized carbons (Fsp3) is 0.429. The Labute approximate surface area is 155 Å². The maximum atomic E-state index is 12.3. The minimum Gasteiger partial charge on any atom is -0.434 e. The number of nitrogens with one attached hydrogen (secondary N) is 1. The summed E-state index contributed by atoms with van der Waals surface area (Å²) in [7, 11) is 0. The van der Waals surface area contributed by atoms with Crippen molar-refractivity contribution >= 4 is 11.9 Å². The Morgan fingerprint density at radius 1 is 1.38 bits per heavy atom. The Balaban J connectivity index is 2.71. The fourth-order valence-electron chi connectivity index (χ4n) is 2.71. The van der Waals surface area contributed by atoms with Crippen LogP contribution in [0.2, 0.25) is 0 Å². The van der Waals surface area contributed by atoms with E-state index in [0.29, 0.717) is 19.3 Å². The predicted octanol–water partition coefficient (Wildman–Crippen LogP) is 4.38. The van der Waals surface area contributed by atoms with E-state index in [0.717, 1.165) is 24.0 Å². The molecule has 5 heteroatoms.